The van der Waals surface area contributed by atoms with Crippen LogP contribution in [0.3, 0.4) is 0 Å². The Morgan fingerprint density at radius 2 is 2.23 bits per heavy atom. The number of fused-ring (bicyclic) bond motifs is 1. The minimum atomic E-state index is -0.585. The molecule has 0 bridgehead atoms. The predicted octanol–water partition coefficient (Wildman–Crippen LogP) is 1.64. The first-order valence-electron chi connectivity index (χ1n) is 9.67. The van der Waals surface area contributed by atoms with Gasteiger partial charge in [0.15, 0.2) is 0 Å². The zero-order valence-corrected chi connectivity index (χ0v) is 17.0. The maximum atomic E-state index is 12.2. The molecule has 2 aromatic rings. The third kappa shape index (κ3) is 4.78. The standard InChI is InChI=1S/C21H24N4O5/c1-13(2)30-18-10-16-14(9-17(18)20(23)27)4-6-24-21(16)29-12-15-11-28-8-7-25(15)19(26)3-5-22/h4,6,9-10,13,15H,3,7-8,11-12H2,1-2H3,(H2,23,27)/t15-/m0/s1. The lowest BCUT2D eigenvalue weighted by atomic mass is 10.1. The lowest BCUT2D eigenvalue weighted by Crippen LogP contribution is -2.51. The van der Waals surface area contributed by atoms with E-state index < -0.39 is 5.91 Å². The topological polar surface area (TPSA) is 128 Å². The van der Waals surface area contributed by atoms with Gasteiger partial charge >= 0.3 is 0 Å². The number of carbonyl (C=O) groups is 2. The molecule has 2 heterocycles. The Bertz CT molecular complexity index is 985. The van der Waals surface area contributed by atoms with E-state index in [1.807, 2.05) is 19.9 Å². The summed E-state index contributed by atoms with van der Waals surface area (Å²) < 4.78 is 17.2. The average Bonchev–Trinajstić information content (AvgIpc) is 2.71. The van der Waals surface area contributed by atoms with Crippen molar-refractivity contribution in [3.63, 3.8) is 0 Å². The summed E-state index contributed by atoms with van der Waals surface area (Å²) in [4.78, 5) is 29.9. The van der Waals surface area contributed by atoms with Crippen molar-refractivity contribution in [1.82, 2.24) is 9.88 Å². The van der Waals surface area contributed by atoms with E-state index in [9.17, 15) is 9.59 Å². The highest BCUT2D eigenvalue weighted by Crippen LogP contribution is 2.31. The molecule has 0 radical (unpaired) electrons. The molecule has 0 saturated carbocycles. The maximum Gasteiger partial charge on any atom is 0.252 e. The number of aromatic nitrogens is 1. The summed E-state index contributed by atoms with van der Waals surface area (Å²) in [7, 11) is 0. The molecule has 1 saturated heterocycles. The van der Waals surface area contributed by atoms with Gasteiger partial charge in [0.05, 0.1) is 37.0 Å². The normalized spacial score (nSPS) is 16.3. The Morgan fingerprint density at radius 3 is 2.93 bits per heavy atom. The lowest BCUT2D eigenvalue weighted by Gasteiger charge is -2.34. The van der Waals surface area contributed by atoms with Crippen molar-refractivity contribution in [2.75, 3.05) is 26.4 Å². The van der Waals surface area contributed by atoms with Gasteiger partial charge in [-0.1, -0.05) is 0 Å². The second kappa shape index (κ2) is 9.41. The van der Waals surface area contributed by atoms with Crippen LogP contribution in [0.15, 0.2) is 24.4 Å². The Labute approximate surface area is 174 Å². The van der Waals surface area contributed by atoms with E-state index in [2.05, 4.69) is 4.98 Å². The van der Waals surface area contributed by atoms with Gasteiger partial charge < -0.3 is 24.8 Å². The van der Waals surface area contributed by atoms with E-state index in [1.54, 1.807) is 29.3 Å². The highest BCUT2D eigenvalue weighted by Gasteiger charge is 2.28. The van der Waals surface area contributed by atoms with Gasteiger partial charge in [0.1, 0.15) is 18.8 Å². The van der Waals surface area contributed by atoms with Crippen LogP contribution in [0.4, 0.5) is 0 Å². The Kier molecular flexibility index (Phi) is 6.69. The lowest BCUT2D eigenvalue weighted by molar-refractivity contribution is -0.140. The van der Waals surface area contributed by atoms with Crippen molar-refractivity contribution in [2.45, 2.75) is 32.4 Å². The van der Waals surface area contributed by atoms with E-state index in [4.69, 9.17) is 25.2 Å². The quantitative estimate of drug-likeness (QED) is 0.732. The summed E-state index contributed by atoms with van der Waals surface area (Å²) in [5.41, 5.74) is 5.78. The molecular weight excluding hydrogens is 388 g/mol. The number of morpholine rings is 1. The fourth-order valence-electron chi connectivity index (χ4n) is 3.30. The van der Waals surface area contributed by atoms with Gasteiger partial charge in [-0.05, 0) is 37.4 Å². The van der Waals surface area contributed by atoms with Crippen molar-refractivity contribution in [2.24, 2.45) is 5.73 Å². The van der Waals surface area contributed by atoms with Gasteiger partial charge in [0, 0.05) is 18.1 Å². The SMILES string of the molecule is CC(C)Oc1cc2c(OC[C@@H]3COCCN3C(=O)CC#N)nccc2cc1C(N)=O. The van der Waals surface area contributed by atoms with Crippen LogP contribution < -0.4 is 15.2 Å². The number of carbonyl (C=O) groups excluding carboxylic acids is 2. The molecule has 0 spiro atoms. The van der Waals surface area contributed by atoms with Gasteiger partial charge in [-0.2, -0.15) is 5.26 Å². The van der Waals surface area contributed by atoms with Crippen LogP contribution >= 0.6 is 0 Å². The van der Waals surface area contributed by atoms with Crippen LogP contribution in [0.1, 0.15) is 30.6 Å². The number of rotatable bonds is 7. The number of nitrogens with two attached hydrogens (primary N) is 1. The summed E-state index contributed by atoms with van der Waals surface area (Å²) in [6, 6.07) is 6.64. The second-order valence-corrected chi connectivity index (χ2v) is 7.18. The number of benzene rings is 1. The molecule has 1 aromatic carbocycles. The second-order valence-electron chi connectivity index (χ2n) is 7.18. The molecule has 3 rings (SSSR count). The summed E-state index contributed by atoms with van der Waals surface area (Å²) in [5, 5.41) is 10.2. The van der Waals surface area contributed by atoms with Crippen molar-refractivity contribution in [3.8, 4) is 17.7 Å². The highest BCUT2D eigenvalue weighted by molar-refractivity contribution is 6.01. The molecular formula is C21H24N4O5. The Hall–Kier alpha value is -3.38. The van der Waals surface area contributed by atoms with Gasteiger partial charge in [-0.3, -0.25) is 9.59 Å². The van der Waals surface area contributed by atoms with Crippen LogP contribution in [-0.2, 0) is 9.53 Å². The number of pyridine rings is 1. The zero-order valence-electron chi connectivity index (χ0n) is 17.0. The van der Waals surface area contributed by atoms with Gasteiger partial charge in [0.25, 0.3) is 5.91 Å². The molecule has 9 heteroatoms. The van der Waals surface area contributed by atoms with Crippen molar-refractivity contribution >= 4 is 22.6 Å². The van der Waals surface area contributed by atoms with Crippen LogP contribution in [-0.4, -0.2) is 60.2 Å². The van der Waals surface area contributed by atoms with E-state index in [0.29, 0.717) is 36.8 Å². The molecule has 0 aliphatic carbocycles. The number of ether oxygens (including phenoxy) is 3. The molecule has 1 atom stereocenters. The number of nitrogens with zero attached hydrogens (tertiary/aromatic N) is 3. The Balaban J connectivity index is 1.87. The molecule has 1 fully saturated rings. The fraction of sp³-hybridized carbons (Fsp3) is 0.429. The molecule has 2 N–H and O–H groups in total. The van der Waals surface area contributed by atoms with Crippen LogP contribution in [0.5, 0.6) is 11.6 Å². The first-order valence-corrected chi connectivity index (χ1v) is 9.67. The molecule has 1 aliphatic rings. The maximum absolute atomic E-state index is 12.2. The van der Waals surface area contributed by atoms with Gasteiger partial charge in [-0.15, -0.1) is 0 Å². The number of amides is 2. The first kappa shape index (κ1) is 21.3. The summed E-state index contributed by atoms with van der Waals surface area (Å²) in [6.07, 6.45) is 1.23. The first-order chi connectivity index (χ1) is 14.4. The van der Waals surface area contributed by atoms with Crippen LogP contribution in [0, 0.1) is 11.3 Å². The van der Waals surface area contributed by atoms with Crippen molar-refractivity contribution in [3.05, 3.63) is 30.0 Å². The summed E-state index contributed by atoms with van der Waals surface area (Å²) in [5.74, 6) is -0.137. The van der Waals surface area contributed by atoms with Gasteiger partial charge in [-0.25, -0.2) is 4.98 Å². The predicted molar refractivity (Wildman–Crippen MR) is 108 cm³/mol. The Morgan fingerprint density at radius 1 is 1.43 bits per heavy atom. The molecule has 30 heavy (non-hydrogen) atoms. The highest BCUT2D eigenvalue weighted by atomic mass is 16.5. The smallest absolute Gasteiger partial charge is 0.252 e. The molecule has 158 valence electrons. The van der Waals surface area contributed by atoms with Gasteiger partial charge in [0.2, 0.25) is 11.8 Å². The van der Waals surface area contributed by atoms with Crippen LogP contribution in [0.2, 0.25) is 0 Å². The third-order valence-electron chi connectivity index (χ3n) is 4.65. The molecule has 1 aromatic heterocycles. The molecule has 1 aliphatic heterocycles. The zero-order chi connectivity index (χ0) is 21.7. The average molecular weight is 412 g/mol. The minimum Gasteiger partial charge on any atom is -0.490 e. The third-order valence-corrected chi connectivity index (χ3v) is 4.65. The monoisotopic (exact) mass is 412 g/mol. The van der Waals surface area contributed by atoms with Crippen molar-refractivity contribution < 1.29 is 23.8 Å². The van der Waals surface area contributed by atoms with E-state index in [-0.39, 0.29) is 36.6 Å². The summed E-state index contributed by atoms with van der Waals surface area (Å²) in [6.45, 7) is 5.01. The van der Waals surface area contributed by atoms with Crippen LogP contribution in [0.25, 0.3) is 10.8 Å². The largest absolute Gasteiger partial charge is 0.490 e. The minimum absolute atomic E-state index is 0.152. The molecule has 0 unspecified atom stereocenters. The van der Waals surface area contributed by atoms with Crippen molar-refractivity contribution in [1.29, 1.82) is 5.26 Å². The van der Waals surface area contributed by atoms with E-state index in [0.717, 1.165) is 5.39 Å². The molecule has 9 nitrogen and oxygen atoms in total. The number of hydrogen-bond donors (Lipinski definition) is 1. The number of nitriles is 1. The fourth-order valence-corrected chi connectivity index (χ4v) is 3.30. The van der Waals surface area contributed by atoms with E-state index >= 15 is 0 Å². The number of hydrogen-bond acceptors (Lipinski definition) is 7. The molecule has 2 amide bonds. The summed E-state index contributed by atoms with van der Waals surface area (Å²) >= 11 is 0. The number of primary amides is 1. The van der Waals surface area contributed by atoms with E-state index in [1.165, 1.54) is 0 Å².